The van der Waals surface area contributed by atoms with Crippen LogP contribution in [0.3, 0.4) is 0 Å². The van der Waals surface area contributed by atoms with E-state index in [9.17, 15) is 0 Å². The van der Waals surface area contributed by atoms with Crippen molar-refractivity contribution in [3.8, 4) is 0 Å². The van der Waals surface area contributed by atoms with E-state index in [1.807, 2.05) is 42.5 Å². The molecule has 0 spiro atoms. The molecule has 0 bridgehead atoms. The zero-order valence-corrected chi connectivity index (χ0v) is 11.6. The van der Waals surface area contributed by atoms with E-state index in [0.717, 1.165) is 20.6 Å². The van der Waals surface area contributed by atoms with Crippen molar-refractivity contribution < 1.29 is 0 Å². The summed E-state index contributed by atoms with van der Waals surface area (Å²) in [5.41, 5.74) is 2.06. The third-order valence-electron chi connectivity index (χ3n) is 2.37. The molecule has 0 aliphatic rings. The molecule has 0 unspecified atom stereocenters. The van der Waals surface area contributed by atoms with E-state index in [-0.39, 0.29) is 0 Å². The Morgan fingerprint density at radius 1 is 1.06 bits per heavy atom. The molecule has 0 radical (unpaired) electrons. The van der Waals surface area contributed by atoms with Crippen LogP contribution in [0.2, 0.25) is 5.02 Å². The van der Waals surface area contributed by atoms with Gasteiger partial charge in [0.05, 0.1) is 10.2 Å². The highest BCUT2D eigenvalue weighted by Gasteiger charge is 2.03. The van der Waals surface area contributed by atoms with E-state index in [1.54, 1.807) is 11.3 Å². The summed E-state index contributed by atoms with van der Waals surface area (Å²) in [5, 5.41) is 0.741. The first kappa shape index (κ1) is 11.8. The molecule has 2 nitrogen and oxygen atoms in total. The molecule has 0 aliphatic carbocycles. The van der Waals surface area contributed by atoms with Crippen molar-refractivity contribution in [1.29, 1.82) is 0 Å². The zero-order chi connectivity index (χ0) is 12.4. The fourth-order valence-electron chi connectivity index (χ4n) is 1.52. The first-order valence-electron chi connectivity index (χ1n) is 5.35. The molecular formula is C13H9ClN2S2. The minimum atomic E-state index is 0.741. The predicted octanol–water partition coefficient (Wildman–Crippen LogP) is 5.07. The Hall–Kier alpha value is -1.23. The van der Waals surface area contributed by atoms with E-state index in [2.05, 4.69) is 15.8 Å². The molecule has 2 aromatic carbocycles. The lowest BCUT2D eigenvalue weighted by molar-refractivity contribution is 1.31. The summed E-state index contributed by atoms with van der Waals surface area (Å²) < 4.78 is 5.47. The lowest BCUT2D eigenvalue weighted by Crippen LogP contribution is -1.84. The van der Waals surface area contributed by atoms with E-state index in [0.29, 0.717) is 0 Å². The van der Waals surface area contributed by atoms with Gasteiger partial charge in [0, 0.05) is 22.7 Å². The molecule has 90 valence electrons. The first-order valence-corrected chi connectivity index (χ1v) is 7.36. The fraction of sp³-hybridized carbons (Fsp3) is 0. The number of aromatic nitrogens is 1. The maximum Gasteiger partial charge on any atom is 0.171 e. The number of benzene rings is 2. The second kappa shape index (κ2) is 5.18. The lowest BCUT2D eigenvalue weighted by atomic mass is 10.3. The second-order valence-electron chi connectivity index (χ2n) is 3.66. The minimum Gasteiger partial charge on any atom is -0.324 e. The SMILES string of the molecule is Clc1ccc(NSc2nc3ccccc3s2)cc1. The Morgan fingerprint density at radius 2 is 1.83 bits per heavy atom. The average Bonchev–Trinajstić information content (AvgIpc) is 2.81. The smallest absolute Gasteiger partial charge is 0.171 e. The van der Waals surface area contributed by atoms with Crippen LogP contribution in [0.25, 0.3) is 10.2 Å². The summed E-state index contributed by atoms with van der Waals surface area (Å²) in [7, 11) is 0. The van der Waals surface area contributed by atoms with Crippen molar-refractivity contribution in [3.63, 3.8) is 0 Å². The van der Waals surface area contributed by atoms with E-state index in [1.165, 1.54) is 16.6 Å². The van der Waals surface area contributed by atoms with Gasteiger partial charge in [-0.25, -0.2) is 4.98 Å². The molecule has 3 rings (SSSR count). The molecule has 0 aliphatic heterocycles. The molecule has 0 fully saturated rings. The molecule has 0 saturated carbocycles. The molecule has 0 amide bonds. The standard InChI is InChI=1S/C13H9ClN2S2/c14-9-5-7-10(8-6-9)16-18-13-15-11-3-1-2-4-12(11)17-13/h1-8,16H. The van der Waals surface area contributed by atoms with Gasteiger partial charge < -0.3 is 4.72 Å². The topological polar surface area (TPSA) is 24.9 Å². The molecule has 1 N–H and O–H groups in total. The van der Waals surface area contributed by atoms with Crippen LogP contribution in [0, 0.1) is 0 Å². The second-order valence-corrected chi connectivity index (χ2v) is 6.18. The first-order chi connectivity index (χ1) is 8.81. The molecule has 3 aromatic rings. The van der Waals surface area contributed by atoms with Crippen molar-refractivity contribution in [1.82, 2.24) is 4.98 Å². The maximum atomic E-state index is 5.84. The predicted molar refractivity (Wildman–Crippen MR) is 80.6 cm³/mol. The monoisotopic (exact) mass is 292 g/mol. The highest BCUT2D eigenvalue weighted by Crippen LogP contribution is 2.30. The Kier molecular flexibility index (Phi) is 3.41. The minimum absolute atomic E-state index is 0.741. The van der Waals surface area contributed by atoms with E-state index < -0.39 is 0 Å². The number of thiazole rings is 1. The summed E-state index contributed by atoms with van der Waals surface area (Å²) in [6.45, 7) is 0. The summed E-state index contributed by atoms with van der Waals surface area (Å²) in [5.74, 6) is 0. The summed E-state index contributed by atoms with van der Waals surface area (Å²) in [6.07, 6.45) is 0. The van der Waals surface area contributed by atoms with Crippen LogP contribution in [0.5, 0.6) is 0 Å². The highest BCUT2D eigenvalue weighted by atomic mass is 35.5. The van der Waals surface area contributed by atoms with Crippen molar-refractivity contribution in [2.45, 2.75) is 4.34 Å². The maximum absolute atomic E-state index is 5.84. The molecule has 1 aromatic heterocycles. The number of hydrogen-bond acceptors (Lipinski definition) is 4. The van der Waals surface area contributed by atoms with Crippen LogP contribution in [0.4, 0.5) is 5.69 Å². The van der Waals surface area contributed by atoms with Gasteiger partial charge in [-0.3, -0.25) is 0 Å². The lowest BCUT2D eigenvalue weighted by Gasteiger charge is -2.01. The van der Waals surface area contributed by atoms with Gasteiger partial charge in [-0.1, -0.05) is 23.7 Å². The Morgan fingerprint density at radius 3 is 2.61 bits per heavy atom. The quantitative estimate of drug-likeness (QED) is 0.682. The van der Waals surface area contributed by atoms with Crippen molar-refractivity contribution >= 4 is 50.8 Å². The number of para-hydroxylation sites is 1. The van der Waals surface area contributed by atoms with Crippen molar-refractivity contribution in [3.05, 3.63) is 53.6 Å². The number of rotatable bonds is 3. The average molecular weight is 293 g/mol. The Bertz CT molecular complexity index is 631. The van der Waals surface area contributed by atoms with Crippen LogP contribution < -0.4 is 4.72 Å². The van der Waals surface area contributed by atoms with Crippen LogP contribution in [0.15, 0.2) is 52.9 Å². The van der Waals surface area contributed by atoms with Gasteiger partial charge in [0.15, 0.2) is 4.34 Å². The fourth-order valence-corrected chi connectivity index (χ4v) is 3.38. The Balaban J connectivity index is 1.74. The van der Waals surface area contributed by atoms with Crippen LogP contribution in [-0.2, 0) is 0 Å². The molecule has 0 saturated heterocycles. The summed E-state index contributed by atoms with van der Waals surface area (Å²) in [4.78, 5) is 4.54. The number of halogens is 1. The van der Waals surface area contributed by atoms with Gasteiger partial charge in [0.25, 0.3) is 0 Å². The van der Waals surface area contributed by atoms with Gasteiger partial charge in [-0.15, -0.1) is 11.3 Å². The van der Waals surface area contributed by atoms with Crippen molar-refractivity contribution in [2.24, 2.45) is 0 Å². The van der Waals surface area contributed by atoms with Gasteiger partial charge in [0.2, 0.25) is 0 Å². The third kappa shape index (κ3) is 2.61. The summed E-state index contributed by atoms with van der Waals surface area (Å²) in [6, 6.07) is 15.8. The van der Waals surface area contributed by atoms with Gasteiger partial charge >= 0.3 is 0 Å². The zero-order valence-electron chi connectivity index (χ0n) is 9.26. The number of hydrogen-bond donors (Lipinski definition) is 1. The number of anilines is 1. The van der Waals surface area contributed by atoms with Gasteiger partial charge in [-0.05, 0) is 36.4 Å². The van der Waals surface area contributed by atoms with Crippen molar-refractivity contribution in [2.75, 3.05) is 4.72 Å². The Labute approximate surface area is 118 Å². The molecule has 5 heteroatoms. The molecule has 1 heterocycles. The van der Waals surface area contributed by atoms with Crippen LogP contribution in [0.1, 0.15) is 0 Å². The van der Waals surface area contributed by atoms with Crippen LogP contribution >= 0.6 is 34.9 Å². The van der Waals surface area contributed by atoms with Crippen LogP contribution in [-0.4, -0.2) is 4.98 Å². The molecule has 18 heavy (non-hydrogen) atoms. The molecule has 0 atom stereocenters. The van der Waals surface area contributed by atoms with E-state index in [4.69, 9.17) is 11.6 Å². The largest absolute Gasteiger partial charge is 0.324 e. The van der Waals surface area contributed by atoms with Gasteiger partial charge in [-0.2, -0.15) is 0 Å². The number of nitrogens with zero attached hydrogens (tertiary/aromatic N) is 1. The van der Waals surface area contributed by atoms with E-state index >= 15 is 0 Å². The summed E-state index contributed by atoms with van der Waals surface area (Å²) >= 11 is 9.04. The third-order valence-corrected chi connectivity index (χ3v) is 4.56. The number of nitrogens with one attached hydrogen (secondary N) is 1. The normalized spacial score (nSPS) is 10.7. The molecular weight excluding hydrogens is 284 g/mol. The highest BCUT2D eigenvalue weighted by molar-refractivity contribution is 8.02. The van der Waals surface area contributed by atoms with Gasteiger partial charge in [0.1, 0.15) is 0 Å². The number of fused-ring (bicyclic) bond motifs is 1.